The Kier molecular flexibility index (Phi) is 6.40. The van der Waals surface area contributed by atoms with Gasteiger partial charge in [-0.2, -0.15) is 0 Å². The van der Waals surface area contributed by atoms with E-state index in [-0.39, 0.29) is 12.3 Å². The fraction of sp³-hybridized carbons (Fsp3) is 0.111. The average molecular weight is 345 g/mol. The number of carbonyl (C=O) groups excluding carboxylic acids is 2. The van der Waals surface area contributed by atoms with Crippen LogP contribution in [0.5, 0.6) is 5.75 Å². The van der Waals surface area contributed by atoms with Gasteiger partial charge in [0.2, 0.25) is 5.91 Å². The molecule has 0 radical (unpaired) electrons. The summed E-state index contributed by atoms with van der Waals surface area (Å²) < 4.78 is 5.06. The zero-order valence-electron chi connectivity index (χ0n) is 13.1. The van der Waals surface area contributed by atoms with Gasteiger partial charge in [-0.3, -0.25) is 20.4 Å². The summed E-state index contributed by atoms with van der Waals surface area (Å²) in [7, 11) is 1.59. The van der Waals surface area contributed by atoms with Crippen LogP contribution in [-0.2, 0) is 16.0 Å². The van der Waals surface area contributed by atoms with Gasteiger partial charge in [-0.1, -0.05) is 35.9 Å². The quantitative estimate of drug-likeness (QED) is 0.647. The van der Waals surface area contributed by atoms with Gasteiger partial charge in [-0.15, -0.1) is 0 Å². The van der Waals surface area contributed by atoms with Crippen LogP contribution in [0.2, 0.25) is 5.02 Å². The number of rotatable bonds is 5. The first kappa shape index (κ1) is 17.6. The molecule has 0 aliphatic carbocycles. The highest BCUT2D eigenvalue weighted by Gasteiger charge is 2.04. The molecule has 6 heteroatoms. The van der Waals surface area contributed by atoms with Gasteiger partial charge < -0.3 is 4.74 Å². The van der Waals surface area contributed by atoms with Crippen molar-refractivity contribution in [2.45, 2.75) is 6.42 Å². The third-order valence-corrected chi connectivity index (χ3v) is 3.40. The van der Waals surface area contributed by atoms with Crippen LogP contribution in [0.25, 0.3) is 6.08 Å². The Balaban J connectivity index is 1.78. The van der Waals surface area contributed by atoms with E-state index in [0.717, 1.165) is 16.9 Å². The van der Waals surface area contributed by atoms with Crippen LogP contribution < -0.4 is 15.6 Å². The molecule has 0 fully saturated rings. The number of hydrogen-bond donors (Lipinski definition) is 2. The molecule has 2 aromatic carbocycles. The molecule has 2 N–H and O–H groups in total. The summed E-state index contributed by atoms with van der Waals surface area (Å²) in [5.41, 5.74) is 6.34. The van der Waals surface area contributed by atoms with Gasteiger partial charge in [0.15, 0.2) is 0 Å². The van der Waals surface area contributed by atoms with Gasteiger partial charge in [0, 0.05) is 11.1 Å². The van der Waals surface area contributed by atoms with Crippen molar-refractivity contribution in [3.05, 3.63) is 70.8 Å². The molecule has 2 amide bonds. The van der Waals surface area contributed by atoms with E-state index in [1.54, 1.807) is 49.6 Å². The zero-order valence-corrected chi connectivity index (χ0v) is 13.8. The highest BCUT2D eigenvalue weighted by molar-refractivity contribution is 6.30. The van der Waals surface area contributed by atoms with Crippen LogP contribution in [0.4, 0.5) is 0 Å². The predicted octanol–water partition coefficient (Wildman–Crippen LogP) is 2.75. The van der Waals surface area contributed by atoms with Crippen LogP contribution in [-0.4, -0.2) is 18.9 Å². The summed E-state index contributed by atoms with van der Waals surface area (Å²) in [6.45, 7) is 0. The molecule has 0 heterocycles. The van der Waals surface area contributed by atoms with Gasteiger partial charge in [0.1, 0.15) is 5.75 Å². The largest absolute Gasteiger partial charge is 0.497 e. The van der Waals surface area contributed by atoms with Gasteiger partial charge in [0.25, 0.3) is 5.91 Å². The molecule has 0 bridgehead atoms. The summed E-state index contributed by atoms with van der Waals surface area (Å²) in [4.78, 5) is 23.4. The number of carbonyl (C=O) groups is 2. The second-order valence-electron chi connectivity index (χ2n) is 4.95. The van der Waals surface area contributed by atoms with Crippen molar-refractivity contribution in [3.8, 4) is 5.75 Å². The van der Waals surface area contributed by atoms with E-state index >= 15 is 0 Å². The van der Waals surface area contributed by atoms with Crippen molar-refractivity contribution in [1.29, 1.82) is 0 Å². The molecule has 0 atom stereocenters. The maximum Gasteiger partial charge on any atom is 0.262 e. The second-order valence-corrected chi connectivity index (χ2v) is 5.38. The maximum atomic E-state index is 11.7. The minimum atomic E-state index is -0.421. The average Bonchev–Trinajstić information content (AvgIpc) is 2.60. The van der Waals surface area contributed by atoms with E-state index in [0.29, 0.717) is 5.02 Å². The molecule has 0 aliphatic rings. The first-order valence-corrected chi connectivity index (χ1v) is 7.60. The molecule has 2 aromatic rings. The number of ether oxygens (including phenoxy) is 1. The van der Waals surface area contributed by atoms with E-state index in [4.69, 9.17) is 16.3 Å². The number of hydrogen-bond acceptors (Lipinski definition) is 3. The molecular weight excluding hydrogens is 328 g/mol. The standard InChI is InChI=1S/C18H17ClN2O3/c1-24-16-9-4-13(5-10-16)6-11-17(22)20-21-18(23)12-14-2-7-15(19)8-3-14/h2-11H,12H2,1H3,(H,20,22)(H,21,23). The van der Waals surface area contributed by atoms with Crippen molar-refractivity contribution in [1.82, 2.24) is 10.9 Å². The Morgan fingerprint density at radius 1 is 1.04 bits per heavy atom. The molecular formula is C18H17ClN2O3. The normalized spacial score (nSPS) is 10.4. The van der Waals surface area contributed by atoms with Crippen molar-refractivity contribution >= 4 is 29.5 Å². The van der Waals surface area contributed by atoms with Crippen molar-refractivity contribution in [2.24, 2.45) is 0 Å². The Hall–Kier alpha value is -2.79. The van der Waals surface area contributed by atoms with Crippen LogP contribution >= 0.6 is 11.6 Å². The summed E-state index contributed by atoms with van der Waals surface area (Å²) in [6, 6.07) is 14.2. The number of amides is 2. The predicted molar refractivity (Wildman–Crippen MR) is 93.5 cm³/mol. The Bertz CT molecular complexity index is 725. The fourth-order valence-corrected chi connectivity index (χ4v) is 2.02. The van der Waals surface area contributed by atoms with E-state index in [1.165, 1.54) is 6.08 Å². The Labute approximate surface area is 145 Å². The van der Waals surface area contributed by atoms with Crippen LogP contribution in [0.3, 0.4) is 0 Å². The first-order chi connectivity index (χ1) is 11.6. The van der Waals surface area contributed by atoms with E-state index in [9.17, 15) is 9.59 Å². The van der Waals surface area contributed by atoms with Gasteiger partial charge in [-0.25, -0.2) is 0 Å². The highest BCUT2D eigenvalue weighted by Crippen LogP contribution is 2.12. The molecule has 0 saturated heterocycles. The molecule has 24 heavy (non-hydrogen) atoms. The third-order valence-electron chi connectivity index (χ3n) is 3.15. The molecule has 0 aromatic heterocycles. The summed E-state index contributed by atoms with van der Waals surface area (Å²) in [5, 5.41) is 0.608. The lowest BCUT2D eigenvalue weighted by atomic mass is 10.1. The molecule has 5 nitrogen and oxygen atoms in total. The molecule has 124 valence electrons. The summed E-state index contributed by atoms with van der Waals surface area (Å²) in [5.74, 6) is 0.00450. The van der Waals surface area contributed by atoms with Crippen molar-refractivity contribution in [3.63, 3.8) is 0 Å². The van der Waals surface area contributed by atoms with E-state index in [2.05, 4.69) is 10.9 Å². The Morgan fingerprint density at radius 2 is 1.71 bits per heavy atom. The number of benzene rings is 2. The summed E-state index contributed by atoms with van der Waals surface area (Å²) in [6.07, 6.45) is 3.13. The summed E-state index contributed by atoms with van der Waals surface area (Å²) >= 11 is 5.78. The smallest absolute Gasteiger partial charge is 0.262 e. The van der Waals surface area contributed by atoms with Crippen LogP contribution in [0.15, 0.2) is 54.6 Å². The maximum absolute atomic E-state index is 11.7. The third kappa shape index (κ3) is 5.78. The Morgan fingerprint density at radius 3 is 2.33 bits per heavy atom. The van der Waals surface area contributed by atoms with Crippen molar-refractivity contribution < 1.29 is 14.3 Å². The molecule has 2 rings (SSSR count). The lowest BCUT2D eigenvalue weighted by Crippen LogP contribution is -2.41. The van der Waals surface area contributed by atoms with Gasteiger partial charge in [-0.05, 0) is 41.5 Å². The van der Waals surface area contributed by atoms with Crippen LogP contribution in [0, 0.1) is 0 Å². The SMILES string of the molecule is COc1ccc(C=CC(=O)NNC(=O)Cc2ccc(Cl)cc2)cc1. The minimum Gasteiger partial charge on any atom is -0.497 e. The number of nitrogens with one attached hydrogen (secondary N) is 2. The minimum absolute atomic E-state index is 0.152. The zero-order chi connectivity index (χ0) is 17.4. The van der Waals surface area contributed by atoms with E-state index in [1.807, 2.05) is 12.1 Å². The topological polar surface area (TPSA) is 67.4 Å². The fourth-order valence-electron chi connectivity index (χ4n) is 1.89. The van der Waals surface area contributed by atoms with Gasteiger partial charge >= 0.3 is 0 Å². The number of hydrazine groups is 1. The van der Waals surface area contributed by atoms with Crippen LogP contribution in [0.1, 0.15) is 11.1 Å². The number of methoxy groups -OCH3 is 1. The lowest BCUT2D eigenvalue weighted by molar-refractivity contribution is -0.126. The van der Waals surface area contributed by atoms with E-state index < -0.39 is 5.91 Å². The molecule has 0 spiro atoms. The molecule has 0 saturated carbocycles. The first-order valence-electron chi connectivity index (χ1n) is 7.22. The molecule has 0 unspecified atom stereocenters. The highest BCUT2D eigenvalue weighted by atomic mass is 35.5. The monoisotopic (exact) mass is 344 g/mol. The second kappa shape index (κ2) is 8.74. The molecule has 0 aliphatic heterocycles. The van der Waals surface area contributed by atoms with Gasteiger partial charge in [0.05, 0.1) is 13.5 Å². The number of halogens is 1. The van der Waals surface area contributed by atoms with Crippen molar-refractivity contribution in [2.75, 3.05) is 7.11 Å². The lowest BCUT2D eigenvalue weighted by Gasteiger charge is -2.05.